The summed E-state index contributed by atoms with van der Waals surface area (Å²) < 4.78 is 4.51. The van der Waals surface area contributed by atoms with Crippen LogP contribution in [0.15, 0.2) is 23.8 Å². The van der Waals surface area contributed by atoms with Gasteiger partial charge in [0.15, 0.2) is 5.78 Å². The largest absolute Gasteiger partial charge is 0.465 e. The Hall–Kier alpha value is -1.38. The predicted octanol–water partition coefficient (Wildman–Crippen LogP) is 1.39. The van der Waals surface area contributed by atoms with Crippen LogP contribution in [0.1, 0.15) is 19.3 Å². The van der Waals surface area contributed by atoms with Gasteiger partial charge in [-0.3, -0.25) is 4.79 Å². The minimum atomic E-state index is -0.457. The van der Waals surface area contributed by atoms with Gasteiger partial charge in [-0.15, -0.1) is 0 Å². The van der Waals surface area contributed by atoms with Gasteiger partial charge in [0.1, 0.15) is 0 Å². The lowest BCUT2D eigenvalue weighted by Crippen LogP contribution is -2.10. The Bertz CT molecular complexity index is 287. The molecule has 1 aliphatic carbocycles. The van der Waals surface area contributed by atoms with Gasteiger partial charge in [0.05, 0.1) is 12.7 Å². The number of ether oxygens (including phenoxy) is 1. The van der Waals surface area contributed by atoms with Crippen molar-refractivity contribution in [2.45, 2.75) is 19.3 Å². The van der Waals surface area contributed by atoms with Crippen molar-refractivity contribution in [3.8, 4) is 0 Å². The zero-order chi connectivity index (χ0) is 9.84. The van der Waals surface area contributed by atoms with Crippen molar-refractivity contribution in [1.29, 1.82) is 0 Å². The quantitative estimate of drug-likeness (QED) is 0.476. The summed E-state index contributed by atoms with van der Waals surface area (Å²) in [6.45, 7) is 3.59. The Morgan fingerprint density at radius 1 is 1.54 bits per heavy atom. The number of rotatable bonds is 2. The minimum absolute atomic E-state index is 0.0614. The van der Waals surface area contributed by atoms with Crippen LogP contribution in [0.2, 0.25) is 0 Å². The normalized spacial score (nSPS) is 16.4. The Labute approximate surface area is 77.1 Å². The van der Waals surface area contributed by atoms with Crippen molar-refractivity contribution in [1.82, 2.24) is 0 Å². The summed E-state index contributed by atoms with van der Waals surface area (Å²) in [7, 11) is 1.30. The molecule has 0 radical (unpaired) electrons. The highest BCUT2D eigenvalue weighted by molar-refractivity contribution is 5.98. The lowest BCUT2D eigenvalue weighted by atomic mass is 9.94. The molecule has 0 heterocycles. The van der Waals surface area contributed by atoms with Crippen molar-refractivity contribution in [2.24, 2.45) is 0 Å². The van der Waals surface area contributed by atoms with Gasteiger partial charge < -0.3 is 4.74 Å². The Morgan fingerprint density at radius 3 is 2.77 bits per heavy atom. The maximum Gasteiger partial charge on any atom is 0.337 e. The average molecular weight is 180 g/mol. The summed E-state index contributed by atoms with van der Waals surface area (Å²) in [6, 6.07) is 0. The number of carbonyl (C=O) groups excluding carboxylic acids is 2. The third-order valence-electron chi connectivity index (χ3n) is 2.02. The van der Waals surface area contributed by atoms with E-state index in [1.54, 1.807) is 0 Å². The van der Waals surface area contributed by atoms with Crippen molar-refractivity contribution in [3.63, 3.8) is 0 Å². The van der Waals surface area contributed by atoms with Crippen LogP contribution in [-0.4, -0.2) is 18.9 Å². The highest BCUT2D eigenvalue weighted by Gasteiger charge is 2.17. The first kappa shape index (κ1) is 9.71. The lowest BCUT2D eigenvalue weighted by Gasteiger charge is -2.12. The standard InChI is InChI=1S/C10H12O3/c1-7(10(12)13-2)8-4-3-5-9(11)6-8/h6H,1,3-5H2,2H3. The highest BCUT2D eigenvalue weighted by Crippen LogP contribution is 2.21. The molecule has 1 aliphatic rings. The van der Waals surface area contributed by atoms with Crippen LogP contribution in [0.25, 0.3) is 0 Å². The number of carbonyl (C=O) groups is 2. The first-order valence-corrected chi connectivity index (χ1v) is 4.16. The van der Waals surface area contributed by atoms with E-state index in [-0.39, 0.29) is 5.78 Å². The average Bonchev–Trinajstić information content (AvgIpc) is 2.15. The van der Waals surface area contributed by atoms with Crippen molar-refractivity contribution >= 4 is 11.8 Å². The monoisotopic (exact) mass is 180 g/mol. The van der Waals surface area contributed by atoms with E-state index < -0.39 is 5.97 Å². The van der Waals surface area contributed by atoms with E-state index in [4.69, 9.17) is 0 Å². The molecule has 0 spiro atoms. The molecule has 0 aromatic heterocycles. The molecule has 0 aromatic carbocycles. The van der Waals surface area contributed by atoms with Gasteiger partial charge >= 0.3 is 5.97 Å². The number of allylic oxidation sites excluding steroid dienone is 1. The summed E-state index contributed by atoms with van der Waals surface area (Å²) >= 11 is 0. The maximum atomic E-state index is 11.0. The molecule has 0 bridgehead atoms. The number of methoxy groups -OCH3 is 1. The second-order valence-corrected chi connectivity index (χ2v) is 2.96. The summed E-state index contributed by atoms with van der Waals surface area (Å²) in [5, 5.41) is 0. The number of hydrogen-bond acceptors (Lipinski definition) is 3. The molecule has 0 unspecified atom stereocenters. The van der Waals surface area contributed by atoms with E-state index in [0.717, 1.165) is 12.8 Å². The topological polar surface area (TPSA) is 43.4 Å². The number of esters is 1. The molecule has 1 rings (SSSR count). The second kappa shape index (κ2) is 4.03. The molecule has 0 saturated heterocycles. The fraction of sp³-hybridized carbons (Fsp3) is 0.400. The molecule has 0 aliphatic heterocycles. The van der Waals surface area contributed by atoms with Gasteiger partial charge in [-0.05, 0) is 24.5 Å². The molecular formula is C10H12O3. The van der Waals surface area contributed by atoms with E-state index >= 15 is 0 Å². The van der Waals surface area contributed by atoms with Crippen LogP contribution < -0.4 is 0 Å². The van der Waals surface area contributed by atoms with E-state index in [1.807, 2.05) is 0 Å². The van der Waals surface area contributed by atoms with E-state index in [9.17, 15) is 9.59 Å². The second-order valence-electron chi connectivity index (χ2n) is 2.96. The van der Waals surface area contributed by atoms with Crippen LogP contribution in [0.5, 0.6) is 0 Å². The third kappa shape index (κ3) is 2.28. The first-order chi connectivity index (χ1) is 6.15. The summed E-state index contributed by atoms with van der Waals surface area (Å²) in [6.07, 6.45) is 3.58. The molecule has 0 atom stereocenters. The van der Waals surface area contributed by atoms with Gasteiger partial charge in [0, 0.05) is 6.42 Å². The Morgan fingerprint density at radius 2 is 2.23 bits per heavy atom. The smallest absolute Gasteiger partial charge is 0.337 e. The van der Waals surface area contributed by atoms with Crippen molar-refractivity contribution in [2.75, 3.05) is 7.11 Å². The minimum Gasteiger partial charge on any atom is -0.465 e. The first-order valence-electron chi connectivity index (χ1n) is 4.16. The summed E-state index contributed by atoms with van der Waals surface area (Å²) in [5.74, 6) is -0.396. The Balaban J connectivity index is 2.77. The van der Waals surface area contributed by atoms with Gasteiger partial charge in [-0.25, -0.2) is 4.79 Å². The molecule has 0 fully saturated rings. The summed E-state index contributed by atoms with van der Waals surface area (Å²) in [4.78, 5) is 22.1. The zero-order valence-electron chi connectivity index (χ0n) is 7.63. The molecule has 0 aromatic rings. The van der Waals surface area contributed by atoms with Crippen molar-refractivity contribution in [3.05, 3.63) is 23.8 Å². The van der Waals surface area contributed by atoms with E-state index in [0.29, 0.717) is 17.6 Å². The number of ketones is 1. The van der Waals surface area contributed by atoms with Crippen LogP contribution in [-0.2, 0) is 14.3 Å². The van der Waals surface area contributed by atoms with Crippen molar-refractivity contribution < 1.29 is 14.3 Å². The SMILES string of the molecule is C=C(C(=O)OC)C1=CC(=O)CCC1. The number of hydrogen-bond donors (Lipinski definition) is 0. The maximum absolute atomic E-state index is 11.0. The van der Waals surface area contributed by atoms with Crippen LogP contribution in [0, 0.1) is 0 Å². The van der Waals surface area contributed by atoms with Gasteiger partial charge in [-0.2, -0.15) is 0 Å². The van der Waals surface area contributed by atoms with Gasteiger partial charge in [-0.1, -0.05) is 6.58 Å². The van der Waals surface area contributed by atoms with Crippen LogP contribution in [0.3, 0.4) is 0 Å². The molecule has 70 valence electrons. The molecule has 0 N–H and O–H groups in total. The zero-order valence-corrected chi connectivity index (χ0v) is 7.63. The lowest BCUT2D eigenvalue weighted by molar-refractivity contribution is -0.135. The summed E-state index contributed by atoms with van der Waals surface area (Å²) in [5.41, 5.74) is 1.01. The molecular weight excluding hydrogens is 168 g/mol. The van der Waals surface area contributed by atoms with Gasteiger partial charge in [0.2, 0.25) is 0 Å². The molecule has 0 amide bonds. The fourth-order valence-electron chi connectivity index (χ4n) is 1.28. The molecule has 0 saturated carbocycles. The third-order valence-corrected chi connectivity index (χ3v) is 2.02. The van der Waals surface area contributed by atoms with E-state index in [2.05, 4.69) is 11.3 Å². The van der Waals surface area contributed by atoms with Gasteiger partial charge in [0.25, 0.3) is 0 Å². The predicted molar refractivity (Wildman–Crippen MR) is 48.1 cm³/mol. The molecule has 3 nitrogen and oxygen atoms in total. The molecule has 3 heteroatoms. The van der Waals surface area contributed by atoms with Crippen LogP contribution in [0.4, 0.5) is 0 Å². The van der Waals surface area contributed by atoms with E-state index in [1.165, 1.54) is 13.2 Å². The van der Waals surface area contributed by atoms with Crippen LogP contribution >= 0.6 is 0 Å². The highest BCUT2D eigenvalue weighted by atomic mass is 16.5. The fourth-order valence-corrected chi connectivity index (χ4v) is 1.28. The Kier molecular flexibility index (Phi) is 3.01. The molecule has 13 heavy (non-hydrogen) atoms.